The Morgan fingerprint density at radius 1 is 1.32 bits per heavy atom. The molecule has 1 aromatic heterocycles. The van der Waals surface area contributed by atoms with Crippen LogP contribution in [0.2, 0.25) is 0 Å². The van der Waals surface area contributed by atoms with Crippen molar-refractivity contribution in [1.82, 2.24) is 14.8 Å². The number of hydrogen-bond donors (Lipinski definition) is 1. The molecule has 2 aromatic rings. The fourth-order valence-electron chi connectivity index (χ4n) is 1.70. The molecule has 4 nitrogen and oxygen atoms in total. The fraction of sp³-hybridized carbons (Fsp3) is 0.333. The highest BCUT2D eigenvalue weighted by atomic mass is 19.4. The minimum atomic E-state index is -4.39. The molecule has 102 valence electrons. The van der Waals surface area contributed by atoms with Gasteiger partial charge in [0.2, 0.25) is 5.95 Å². The van der Waals surface area contributed by atoms with Crippen molar-refractivity contribution in [3.8, 4) is 5.69 Å². The molecule has 0 spiro atoms. The van der Waals surface area contributed by atoms with Gasteiger partial charge in [-0.25, -0.2) is 0 Å². The zero-order chi connectivity index (χ0) is 14.0. The highest BCUT2D eigenvalue weighted by Gasteiger charge is 2.30. The van der Waals surface area contributed by atoms with Crippen LogP contribution >= 0.6 is 0 Å². The number of alkyl halides is 3. The average molecular weight is 270 g/mol. The van der Waals surface area contributed by atoms with Gasteiger partial charge in [0.15, 0.2) is 5.82 Å². The van der Waals surface area contributed by atoms with E-state index in [2.05, 4.69) is 10.1 Å². The Hall–Kier alpha value is -2.05. The van der Waals surface area contributed by atoms with Crippen molar-refractivity contribution in [1.29, 1.82) is 0 Å². The number of nitrogens with two attached hydrogens (primary N) is 1. The summed E-state index contributed by atoms with van der Waals surface area (Å²) in [6.45, 7) is 1.96. The Morgan fingerprint density at radius 2 is 2.05 bits per heavy atom. The van der Waals surface area contributed by atoms with Crippen LogP contribution in [0.1, 0.15) is 24.7 Å². The molecule has 0 aliphatic heterocycles. The first kappa shape index (κ1) is 13.4. The van der Waals surface area contributed by atoms with Gasteiger partial charge in [0, 0.05) is 6.42 Å². The van der Waals surface area contributed by atoms with E-state index in [1.54, 1.807) is 0 Å². The van der Waals surface area contributed by atoms with Gasteiger partial charge in [-0.1, -0.05) is 13.0 Å². The number of halogens is 3. The van der Waals surface area contributed by atoms with E-state index in [4.69, 9.17) is 5.73 Å². The molecule has 0 aliphatic carbocycles. The summed E-state index contributed by atoms with van der Waals surface area (Å²) in [6, 6.07) is 4.83. The van der Waals surface area contributed by atoms with Gasteiger partial charge in [0.1, 0.15) is 0 Å². The second kappa shape index (κ2) is 4.91. The van der Waals surface area contributed by atoms with Gasteiger partial charge in [0.25, 0.3) is 0 Å². The molecule has 0 saturated carbocycles. The first-order valence-electron chi connectivity index (χ1n) is 5.81. The van der Waals surface area contributed by atoms with Crippen molar-refractivity contribution in [3.63, 3.8) is 0 Å². The van der Waals surface area contributed by atoms with Crippen LogP contribution < -0.4 is 5.73 Å². The number of anilines is 1. The molecule has 0 aliphatic rings. The van der Waals surface area contributed by atoms with E-state index < -0.39 is 11.7 Å². The van der Waals surface area contributed by atoms with Gasteiger partial charge in [-0.3, -0.25) is 0 Å². The van der Waals surface area contributed by atoms with Crippen molar-refractivity contribution in [2.75, 3.05) is 5.73 Å². The quantitative estimate of drug-likeness (QED) is 0.933. The maximum absolute atomic E-state index is 12.6. The smallest absolute Gasteiger partial charge is 0.368 e. The zero-order valence-corrected chi connectivity index (χ0v) is 10.3. The second-order valence-electron chi connectivity index (χ2n) is 4.10. The first-order valence-corrected chi connectivity index (χ1v) is 5.81. The average Bonchev–Trinajstić information content (AvgIpc) is 2.70. The predicted octanol–water partition coefficient (Wildman–Crippen LogP) is 2.82. The van der Waals surface area contributed by atoms with E-state index in [9.17, 15) is 13.2 Å². The minimum Gasteiger partial charge on any atom is -0.368 e. The molecule has 1 heterocycles. The molecular formula is C12H13F3N4. The highest BCUT2D eigenvalue weighted by molar-refractivity contribution is 5.41. The number of rotatable bonds is 3. The van der Waals surface area contributed by atoms with Crippen molar-refractivity contribution in [2.45, 2.75) is 25.9 Å². The van der Waals surface area contributed by atoms with Gasteiger partial charge < -0.3 is 5.73 Å². The Kier molecular flexibility index (Phi) is 3.46. The van der Waals surface area contributed by atoms with Crippen molar-refractivity contribution >= 4 is 5.95 Å². The molecule has 2 rings (SSSR count). The number of nitrogen functional groups attached to an aromatic ring is 1. The summed E-state index contributed by atoms with van der Waals surface area (Å²) in [6.07, 6.45) is -2.92. The number of hydrogen-bond acceptors (Lipinski definition) is 3. The molecule has 7 heteroatoms. The maximum Gasteiger partial charge on any atom is 0.416 e. The summed E-state index contributed by atoms with van der Waals surface area (Å²) in [4.78, 5) is 4.02. The first-order chi connectivity index (χ1) is 8.91. The molecule has 1 aromatic carbocycles. The van der Waals surface area contributed by atoms with Crippen LogP contribution in [0.3, 0.4) is 0 Å². The lowest BCUT2D eigenvalue weighted by molar-refractivity contribution is -0.137. The number of benzene rings is 1. The van der Waals surface area contributed by atoms with Crippen LogP contribution in [0.15, 0.2) is 24.3 Å². The van der Waals surface area contributed by atoms with Gasteiger partial charge >= 0.3 is 6.18 Å². The zero-order valence-electron chi connectivity index (χ0n) is 10.3. The summed E-state index contributed by atoms with van der Waals surface area (Å²) < 4.78 is 39.1. The number of nitrogens with zero attached hydrogens (tertiary/aromatic N) is 3. The number of aromatic nitrogens is 3. The Labute approximate surface area is 108 Å². The molecule has 0 amide bonds. The number of aryl methyl sites for hydroxylation is 1. The summed E-state index contributed by atoms with van der Waals surface area (Å²) in [5, 5.41) is 4.11. The van der Waals surface area contributed by atoms with Crippen molar-refractivity contribution < 1.29 is 13.2 Å². The second-order valence-corrected chi connectivity index (χ2v) is 4.10. The van der Waals surface area contributed by atoms with Crippen LogP contribution in [-0.4, -0.2) is 14.8 Å². The molecule has 0 unspecified atom stereocenters. The highest BCUT2D eigenvalue weighted by Crippen LogP contribution is 2.30. The largest absolute Gasteiger partial charge is 0.416 e. The van der Waals surface area contributed by atoms with E-state index >= 15 is 0 Å². The molecule has 0 atom stereocenters. The molecular weight excluding hydrogens is 257 g/mol. The van der Waals surface area contributed by atoms with Crippen LogP contribution in [0, 0.1) is 0 Å². The lowest BCUT2D eigenvalue weighted by atomic mass is 10.2. The van der Waals surface area contributed by atoms with Gasteiger partial charge in [0.05, 0.1) is 11.3 Å². The van der Waals surface area contributed by atoms with Gasteiger partial charge in [-0.2, -0.15) is 22.8 Å². The van der Waals surface area contributed by atoms with Gasteiger partial charge in [-0.05, 0) is 24.6 Å². The third-order valence-corrected chi connectivity index (χ3v) is 2.57. The summed E-state index contributed by atoms with van der Waals surface area (Å²) in [5.74, 6) is 0.611. The topological polar surface area (TPSA) is 56.7 Å². The van der Waals surface area contributed by atoms with E-state index in [0.29, 0.717) is 12.2 Å². The van der Waals surface area contributed by atoms with Crippen LogP contribution in [-0.2, 0) is 12.6 Å². The molecule has 19 heavy (non-hydrogen) atoms. The maximum atomic E-state index is 12.6. The molecule has 0 fully saturated rings. The van der Waals surface area contributed by atoms with E-state index in [1.165, 1.54) is 16.8 Å². The Morgan fingerprint density at radius 3 is 2.68 bits per heavy atom. The lowest BCUT2D eigenvalue weighted by Crippen LogP contribution is -2.08. The summed E-state index contributed by atoms with van der Waals surface area (Å²) in [5.41, 5.74) is 5.18. The van der Waals surface area contributed by atoms with Crippen LogP contribution in [0.4, 0.5) is 19.1 Å². The molecule has 0 bridgehead atoms. The van der Waals surface area contributed by atoms with Crippen molar-refractivity contribution in [3.05, 3.63) is 35.7 Å². The monoisotopic (exact) mass is 270 g/mol. The van der Waals surface area contributed by atoms with Crippen molar-refractivity contribution in [2.24, 2.45) is 0 Å². The van der Waals surface area contributed by atoms with Crippen LogP contribution in [0.25, 0.3) is 5.69 Å². The minimum absolute atomic E-state index is 0.0859. The standard InChI is InChI=1S/C12H13F3N4/c1-2-4-10-17-11(16)19(18-10)9-6-3-5-8(7-9)12(13,14)15/h3,5-7H,2,4H2,1H3,(H2,16,17,18). The molecule has 0 saturated heterocycles. The van der Waals surface area contributed by atoms with E-state index in [1.807, 2.05) is 6.92 Å². The molecule has 0 radical (unpaired) electrons. The normalized spacial score (nSPS) is 11.8. The van der Waals surface area contributed by atoms with Gasteiger partial charge in [-0.15, -0.1) is 5.10 Å². The SMILES string of the molecule is CCCc1nc(N)n(-c2cccc(C(F)(F)F)c2)n1. The third kappa shape index (κ3) is 2.86. The van der Waals surface area contributed by atoms with Crippen LogP contribution in [0.5, 0.6) is 0 Å². The fourth-order valence-corrected chi connectivity index (χ4v) is 1.70. The lowest BCUT2D eigenvalue weighted by Gasteiger charge is -2.08. The Balaban J connectivity index is 2.42. The summed E-state index contributed by atoms with van der Waals surface area (Å²) >= 11 is 0. The predicted molar refractivity (Wildman–Crippen MR) is 64.8 cm³/mol. The summed E-state index contributed by atoms with van der Waals surface area (Å²) in [7, 11) is 0. The van der Waals surface area contributed by atoms with E-state index in [0.717, 1.165) is 18.6 Å². The van der Waals surface area contributed by atoms with E-state index in [-0.39, 0.29) is 11.6 Å². The molecule has 2 N–H and O–H groups in total. The Bertz CT molecular complexity index is 575. The third-order valence-electron chi connectivity index (χ3n) is 2.57.